The topological polar surface area (TPSA) is 9.23 Å². The third kappa shape index (κ3) is 0.946. The molecule has 3 unspecified atom stereocenters. The Kier molecular flexibility index (Phi) is 2.06. The molecule has 82 valence electrons. The van der Waals surface area contributed by atoms with Crippen LogP contribution in [0.15, 0.2) is 0 Å². The lowest BCUT2D eigenvalue weighted by Crippen LogP contribution is -2.46. The number of fused-ring (bicyclic) bond motifs is 2. The van der Waals surface area contributed by atoms with Crippen LogP contribution in [-0.4, -0.2) is 12.2 Å². The van der Waals surface area contributed by atoms with Crippen LogP contribution in [-0.2, 0) is 4.74 Å². The molecule has 2 fully saturated rings. The Morgan fingerprint density at radius 1 is 1.21 bits per heavy atom. The molecule has 0 radical (unpaired) electrons. The molecule has 2 aliphatic carbocycles. The average Bonchev–Trinajstić information content (AvgIpc) is 2.36. The summed E-state index contributed by atoms with van der Waals surface area (Å²) < 4.78 is 6.06. The van der Waals surface area contributed by atoms with E-state index in [4.69, 9.17) is 4.74 Å². The normalized spacial score (nSPS) is 49.9. The second kappa shape index (κ2) is 2.75. The van der Waals surface area contributed by atoms with Crippen LogP contribution in [0.2, 0.25) is 0 Å². The van der Waals surface area contributed by atoms with Crippen LogP contribution in [0.1, 0.15) is 53.9 Å². The average molecular weight is 196 g/mol. The standard InChI is InChI=1S/C13H24O/c1-6-14-13(5)9-10-7-8-12(13,4)11(10,2)3/h10H,6-9H2,1-5H3. The van der Waals surface area contributed by atoms with E-state index in [2.05, 4.69) is 34.6 Å². The summed E-state index contributed by atoms with van der Waals surface area (Å²) in [6, 6.07) is 0. The SMILES string of the molecule is CCOC1(C)CC2CCC1(C)C2(C)C. The molecule has 2 aliphatic rings. The maximum absolute atomic E-state index is 6.06. The van der Waals surface area contributed by atoms with Crippen molar-refractivity contribution < 1.29 is 4.74 Å². The molecule has 14 heavy (non-hydrogen) atoms. The van der Waals surface area contributed by atoms with Gasteiger partial charge in [-0.25, -0.2) is 0 Å². The van der Waals surface area contributed by atoms with E-state index in [9.17, 15) is 0 Å². The Hall–Kier alpha value is -0.0400. The van der Waals surface area contributed by atoms with Crippen LogP contribution in [0.3, 0.4) is 0 Å². The van der Waals surface area contributed by atoms with Crippen LogP contribution < -0.4 is 0 Å². The van der Waals surface area contributed by atoms with Crippen LogP contribution in [0.4, 0.5) is 0 Å². The molecule has 2 bridgehead atoms. The Morgan fingerprint density at radius 2 is 1.86 bits per heavy atom. The number of hydrogen-bond donors (Lipinski definition) is 0. The predicted octanol–water partition coefficient (Wildman–Crippen LogP) is 3.63. The number of hydrogen-bond acceptors (Lipinski definition) is 1. The quantitative estimate of drug-likeness (QED) is 0.655. The van der Waals surface area contributed by atoms with E-state index in [0.717, 1.165) is 12.5 Å². The predicted molar refractivity (Wildman–Crippen MR) is 59.3 cm³/mol. The van der Waals surface area contributed by atoms with Gasteiger partial charge in [0.25, 0.3) is 0 Å². The van der Waals surface area contributed by atoms with Gasteiger partial charge in [0.1, 0.15) is 0 Å². The summed E-state index contributed by atoms with van der Waals surface area (Å²) in [5.74, 6) is 0.879. The smallest absolute Gasteiger partial charge is 0.0715 e. The Morgan fingerprint density at radius 3 is 2.21 bits per heavy atom. The fourth-order valence-corrected chi connectivity index (χ4v) is 4.13. The zero-order valence-corrected chi connectivity index (χ0v) is 10.3. The van der Waals surface area contributed by atoms with Gasteiger partial charge in [0.15, 0.2) is 0 Å². The first-order valence-corrected chi connectivity index (χ1v) is 6.01. The summed E-state index contributed by atoms with van der Waals surface area (Å²) in [7, 11) is 0. The Labute approximate surface area is 88.2 Å². The molecule has 0 spiro atoms. The van der Waals surface area contributed by atoms with Crippen LogP contribution in [0.5, 0.6) is 0 Å². The second-order valence-electron chi connectivity index (χ2n) is 6.16. The van der Waals surface area contributed by atoms with E-state index in [1.807, 2.05) is 0 Å². The maximum atomic E-state index is 6.06. The molecular formula is C13H24O. The zero-order chi connectivity index (χ0) is 10.6. The van der Waals surface area contributed by atoms with Gasteiger partial charge in [0.2, 0.25) is 0 Å². The van der Waals surface area contributed by atoms with Gasteiger partial charge in [-0.15, -0.1) is 0 Å². The Balaban J connectivity index is 2.35. The summed E-state index contributed by atoms with van der Waals surface area (Å²) in [6.45, 7) is 12.6. The number of rotatable bonds is 2. The molecule has 0 heterocycles. The van der Waals surface area contributed by atoms with Crippen molar-refractivity contribution in [1.29, 1.82) is 0 Å². The van der Waals surface area contributed by atoms with E-state index < -0.39 is 0 Å². The maximum Gasteiger partial charge on any atom is 0.0715 e. The highest BCUT2D eigenvalue weighted by Crippen LogP contribution is 2.70. The highest BCUT2D eigenvalue weighted by molar-refractivity contribution is 5.16. The minimum Gasteiger partial charge on any atom is -0.375 e. The molecule has 0 aromatic carbocycles. The van der Waals surface area contributed by atoms with Crippen molar-refractivity contribution in [3.8, 4) is 0 Å². The van der Waals surface area contributed by atoms with Gasteiger partial charge in [-0.3, -0.25) is 0 Å². The van der Waals surface area contributed by atoms with Crippen molar-refractivity contribution in [1.82, 2.24) is 0 Å². The van der Waals surface area contributed by atoms with E-state index in [1.165, 1.54) is 19.3 Å². The van der Waals surface area contributed by atoms with Crippen molar-refractivity contribution in [2.75, 3.05) is 6.61 Å². The molecule has 0 N–H and O–H groups in total. The molecule has 0 aliphatic heterocycles. The molecule has 0 amide bonds. The van der Waals surface area contributed by atoms with E-state index in [1.54, 1.807) is 0 Å². The fourth-order valence-electron chi connectivity index (χ4n) is 4.13. The molecule has 1 nitrogen and oxygen atoms in total. The minimum absolute atomic E-state index is 0.133. The summed E-state index contributed by atoms with van der Waals surface area (Å²) in [5, 5.41) is 0. The summed E-state index contributed by atoms with van der Waals surface area (Å²) in [6.07, 6.45) is 4.03. The van der Waals surface area contributed by atoms with E-state index in [-0.39, 0.29) is 5.60 Å². The molecule has 2 saturated carbocycles. The second-order valence-corrected chi connectivity index (χ2v) is 6.16. The lowest BCUT2D eigenvalue weighted by molar-refractivity contribution is -0.122. The van der Waals surface area contributed by atoms with Gasteiger partial charge in [-0.2, -0.15) is 0 Å². The lowest BCUT2D eigenvalue weighted by Gasteiger charge is -2.46. The molecular weight excluding hydrogens is 172 g/mol. The monoisotopic (exact) mass is 196 g/mol. The third-order valence-electron chi connectivity index (χ3n) is 5.70. The van der Waals surface area contributed by atoms with Crippen LogP contribution in [0.25, 0.3) is 0 Å². The van der Waals surface area contributed by atoms with Gasteiger partial charge in [0.05, 0.1) is 5.60 Å². The third-order valence-corrected chi connectivity index (χ3v) is 5.70. The first-order valence-electron chi connectivity index (χ1n) is 6.01. The van der Waals surface area contributed by atoms with Gasteiger partial charge in [0, 0.05) is 12.0 Å². The van der Waals surface area contributed by atoms with Crippen molar-refractivity contribution in [2.24, 2.45) is 16.7 Å². The van der Waals surface area contributed by atoms with Crippen LogP contribution >= 0.6 is 0 Å². The van der Waals surface area contributed by atoms with E-state index in [0.29, 0.717) is 10.8 Å². The molecule has 1 heteroatoms. The fraction of sp³-hybridized carbons (Fsp3) is 1.00. The molecule has 0 saturated heterocycles. The molecule has 2 rings (SSSR count). The van der Waals surface area contributed by atoms with Crippen molar-refractivity contribution >= 4 is 0 Å². The van der Waals surface area contributed by atoms with Crippen molar-refractivity contribution in [2.45, 2.75) is 59.5 Å². The summed E-state index contributed by atoms with van der Waals surface area (Å²) in [4.78, 5) is 0. The van der Waals surface area contributed by atoms with Crippen molar-refractivity contribution in [3.05, 3.63) is 0 Å². The van der Waals surface area contributed by atoms with Crippen LogP contribution in [0, 0.1) is 16.7 Å². The Bertz CT molecular complexity index is 246. The molecule has 0 aromatic rings. The zero-order valence-electron chi connectivity index (χ0n) is 10.3. The highest BCUT2D eigenvalue weighted by atomic mass is 16.5. The summed E-state index contributed by atoms with van der Waals surface area (Å²) >= 11 is 0. The first-order chi connectivity index (χ1) is 6.37. The van der Waals surface area contributed by atoms with Gasteiger partial charge in [-0.05, 0) is 44.4 Å². The summed E-state index contributed by atoms with van der Waals surface area (Å²) in [5.41, 5.74) is 0.992. The molecule has 0 aromatic heterocycles. The lowest BCUT2D eigenvalue weighted by atomic mass is 9.65. The largest absolute Gasteiger partial charge is 0.375 e. The molecule has 3 atom stereocenters. The van der Waals surface area contributed by atoms with Gasteiger partial charge >= 0.3 is 0 Å². The van der Waals surface area contributed by atoms with Gasteiger partial charge in [-0.1, -0.05) is 20.8 Å². The van der Waals surface area contributed by atoms with Crippen molar-refractivity contribution in [3.63, 3.8) is 0 Å². The van der Waals surface area contributed by atoms with Gasteiger partial charge < -0.3 is 4.74 Å². The van der Waals surface area contributed by atoms with E-state index >= 15 is 0 Å². The number of ether oxygens (including phenoxy) is 1. The minimum atomic E-state index is 0.133. The first kappa shape index (κ1) is 10.5. The highest BCUT2D eigenvalue weighted by Gasteiger charge is 2.67.